The lowest BCUT2D eigenvalue weighted by molar-refractivity contribution is 0.0564. The van der Waals surface area contributed by atoms with E-state index in [1.165, 1.54) is 24.8 Å². The van der Waals surface area contributed by atoms with Crippen LogP contribution in [0.4, 0.5) is 8.78 Å². The Morgan fingerprint density at radius 2 is 1.56 bits per heavy atom. The van der Waals surface area contributed by atoms with Gasteiger partial charge in [0.05, 0.1) is 43.6 Å². The number of fused-ring (bicyclic) bond motifs is 1. The van der Waals surface area contributed by atoms with Crippen LogP contribution in [0.15, 0.2) is 72.8 Å². The molecule has 11 heteroatoms. The molecule has 250 valence electrons. The minimum Gasteiger partial charge on any atom is -0.465 e. The number of hydrogen-bond acceptors (Lipinski definition) is 8. The number of aromatic amines is 1. The molecule has 1 aliphatic heterocycles. The van der Waals surface area contributed by atoms with E-state index < -0.39 is 17.6 Å². The molecule has 1 aromatic heterocycles. The number of halogens is 2. The van der Waals surface area contributed by atoms with E-state index in [1.54, 1.807) is 31.2 Å². The van der Waals surface area contributed by atoms with Crippen LogP contribution in [0.1, 0.15) is 21.5 Å². The normalized spacial score (nSPS) is 14.0. The molecule has 1 fully saturated rings. The third-order valence-electron chi connectivity index (χ3n) is 8.60. The van der Waals surface area contributed by atoms with E-state index in [4.69, 9.17) is 19.3 Å². The van der Waals surface area contributed by atoms with Gasteiger partial charge in [0, 0.05) is 45.3 Å². The van der Waals surface area contributed by atoms with Crippen LogP contribution < -0.4 is 4.74 Å². The summed E-state index contributed by atoms with van der Waals surface area (Å²) in [5.41, 5.74) is 4.50. The zero-order valence-corrected chi connectivity index (χ0v) is 27.0. The van der Waals surface area contributed by atoms with Gasteiger partial charge < -0.3 is 24.3 Å². The van der Waals surface area contributed by atoms with E-state index in [9.17, 15) is 4.79 Å². The molecular formula is C37H38F2N4O5. The number of piperazine rings is 1. The standard InChI is InChI=1S/C37H38F2N4O5/c1-24-3-12-29(21-30(24)36(45)46-2)48-37-40-32-22-31(38)33(34(39)35(32)41-37)28-10-8-27(9-11-28)26-6-4-25(5-7-26)23-43-15-13-42(14-16-43)17-19-47-20-18-44/h3-12,21-22,44H,13-20,23H2,1-2H3,(H,40,41). The highest BCUT2D eigenvalue weighted by atomic mass is 19.1. The van der Waals surface area contributed by atoms with Gasteiger partial charge in [-0.2, -0.15) is 4.98 Å². The second kappa shape index (κ2) is 15.0. The first-order valence-electron chi connectivity index (χ1n) is 15.9. The lowest BCUT2D eigenvalue weighted by Crippen LogP contribution is -2.46. The first kappa shape index (κ1) is 33.2. The summed E-state index contributed by atoms with van der Waals surface area (Å²) >= 11 is 0. The molecule has 0 aliphatic carbocycles. The molecule has 2 N–H and O–H groups in total. The van der Waals surface area contributed by atoms with Gasteiger partial charge in [0.15, 0.2) is 5.82 Å². The molecule has 0 radical (unpaired) electrons. The van der Waals surface area contributed by atoms with Gasteiger partial charge >= 0.3 is 5.97 Å². The minimum atomic E-state index is -0.803. The van der Waals surface area contributed by atoms with Crippen LogP contribution in [0.3, 0.4) is 0 Å². The number of carbonyl (C=O) groups is 1. The summed E-state index contributed by atoms with van der Waals surface area (Å²) < 4.78 is 47.0. The van der Waals surface area contributed by atoms with Crippen molar-refractivity contribution in [2.24, 2.45) is 0 Å². The number of hydrogen-bond donors (Lipinski definition) is 2. The monoisotopic (exact) mass is 656 g/mol. The van der Waals surface area contributed by atoms with Gasteiger partial charge in [-0.15, -0.1) is 0 Å². The largest absolute Gasteiger partial charge is 0.465 e. The third-order valence-corrected chi connectivity index (χ3v) is 8.60. The number of aryl methyl sites for hydroxylation is 1. The number of aromatic nitrogens is 2. The van der Waals surface area contributed by atoms with Crippen LogP contribution in [0, 0.1) is 18.6 Å². The molecular weight excluding hydrogens is 618 g/mol. The lowest BCUT2D eigenvalue weighted by atomic mass is 9.98. The van der Waals surface area contributed by atoms with Crippen LogP contribution in [0.5, 0.6) is 11.8 Å². The predicted octanol–water partition coefficient (Wildman–Crippen LogP) is 6.19. The fourth-order valence-corrected chi connectivity index (χ4v) is 5.90. The summed E-state index contributed by atoms with van der Waals surface area (Å²) in [7, 11) is 1.29. The molecule has 0 spiro atoms. The summed E-state index contributed by atoms with van der Waals surface area (Å²) in [6.07, 6.45) is 0. The highest BCUT2D eigenvalue weighted by Crippen LogP contribution is 2.34. The Morgan fingerprint density at radius 3 is 2.25 bits per heavy atom. The number of H-pyrrole nitrogens is 1. The van der Waals surface area contributed by atoms with Crippen molar-refractivity contribution in [3.05, 3.63) is 101 Å². The molecule has 0 atom stereocenters. The molecule has 0 unspecified atom stereocenters. The van der Waals surface area contributed by atoms with Gasteiger partial charge in [0.25, 0.3) is 6.01 Å². The van der Waals surface area contributed by atoms with E-state index in [2.05, 4.69) is 44.0 Å². The topological polar surface area (TPSA) is 100 Å². The first-order chi connectivity index (χ1) is 23.3. The van der Waals surface area contributed by atoms with Crippen LogP contribution >= 0.6 is 0 Å². The number of imidazole rings is 1. The Morgan fingerprint density at radius 1 is 0.896 bits per heavy atom. The lowest BCUT2D eigenvalue weighted by Gasteiger charge is -2.34. The summed E-state index contributed by atoms with van der Waals surface area (Å²) in [6.45, 7) is 8.55. The Bertz CT molecular complexity index is 1870. The number of nitrogens with zero attached hydrogens (tertiary/aromatic N) is 3. The molecule has 1 saturated heterocycles. The maximum Gasteiger partial charge on any atom is 0.338 e. The summed E-state index contributed by atoms with van der Waals surface area (Å²) in [5.74, 6) is -1.75. The van der Waals surface area contributed by atoms with Crippen molar-refractivity contribution in [2.45, 2.75) is 13.5 Å². The van der Waals surface area contributed by atoms with Gasteiger partial charge in [-0.1, -0.05) is 54.6 Å². The average molecular weight is 657 g/mol. The summed E-state index contributed by atoms with van der Waals surface area (Å²) in [5, 5.41) is 8.84. The molecule has 2 heterocycles. The molecule has 4 aromatic carbocycles. The van der Waals surface area contributed by atoms with Gasteiger partial charge in [-0.25, -0.2) is 13.6 Å². The van der Waals surface area contributed by atoms with Gasteiger partial charge in [-0.3, -0.25) is 9.80 Å². The van der Waals surface area contributed by atoms with Crippen LogP contribution in [0.2, 0.25) is 0 Å². The molecule has 9 nitrogen and oxygen atoms in total. The van der Waals surface area contributed by atoms with Gasteiger partial charge in [-0.05, 0) is 46.9 Å². The molecule has 0 amide bonds. The number of carbonyl (C=O) groups excluding carboxylic acids is 1. The number of ether oxygens (including phenoxy) is 3. The highest BCUT2D eigenvalue weighted by Gasteiger charge is 2.21. The van der Waals surface area contributed by atoms with Crippen molar-refractivity contribution < 1.29 is 32.9 Å². The van der Waals surface area contributed by atoms with Crippen molar-refractivity contribution in [1.29, 1.82) is 0 Å². The van der Waals surface area contributed by atoms with Gasteiger partial charge in [0.1, 0.15) is 17.1 Å². The van der Waals surface area contributed by atoms with E-state index in [1.807, 2.05) is 12.1 Å². The van der Waals surface area contributed by atoms with Crippen molar-refractivity contribution in [3.63, 3.8) is 0 Å². The zero-order chi connectivity index (χ0) is 33.6. The Balaban J connectivity index is 1.11. The molecule has 6 rings (SSSR count). The van der Waals surface area contributed by atoms with E-state index >= 15 is 8.78 Å². The smallest absolute Gasteiger partial charge is 0.338 e. The fourth-order valence-electron chi connectivity index (χ4n) is 5.90. The molecule has 0 saturated carbocycles. The van der Waals surface area contributed by atoms with Crippen molar-refractivity contribution >= 4 is 17.0 Å². The Hall–Kier alpha value is -4.68. The zero-order valence-electron chi connectivity index (χ0n) is 27.0. The van der Waals surface area contributed by atoms with Crippen molar-refractivity contribution in [3.8, 4) is 34.0 Å². The van der Waals surface area contributed by atoms with Gasteiger partial charge in [0.2, 0.25) is 0 Å². The predicted molar refractivity (Wildman–Crippen MR) is 179 cm³/mol. The molecule has 48 heavy (non-hydrogen) atoms. The highest BCUT2D eigenvalue weighted by molar-refractivity contribution is 5.91. The quantitative estimate of drug-likeness (QED) is 0.121. The van der Waals surface area contributed by atoms with Crippen LogP contribution in [-0.4, -0.2) is 90.5 Å². The van der Waals surface area contributed by atoms with Crippen molar-refractivity contribution in [2.75, 3.05) is 59.7 Å². The first-order valence-corrected chi connectivity index (χ1v) is 15.9. The number of aliphatic hydroxyl groups is 1. The van der Waals surface area contributed by atoms with E-state index in [0.717, 1.165) is 50.4 Å². The summed E-state index contributed by atoms with van der Waals surface area (Å²) in [4.78, 5) is 23.9. The fraction of sp³-hybridized carbons (Fsp3) is 0.297. The van der Waals surface area contributed by atoms with Crippen molar-refractivity contribution in [1.82, 2.24) is 19.8 Å². The number of nitrogens with one attached hydrogen (secondary N) is 1. The Kier molecular flexibility index (Phi) is 10.4. The van der Waals surface area contributed by atoms with Crippen LogP contribution in [0.25, 0.3) is 33.3 Å². The Labute approximate surface area is 277 Å². The average Bonchev–Trinajstić information content (AvgIpc) is 3.51. The number of benzene rings is 4. The summed E-state index contributed by atoms with van der Waals surface area (Å²) in [6, 6.07) is 21.5. The SMILES string of the molecule is COC(=O)c1cc(Oc2nc3c(F)c(-c4ccc(-c5ccc(CN6CCN(CCOCCO)CC6)cc5)cc4)c(F)cc3[nH]2)ccc1C. The van der Waals surface area contributed by atoms with E-state index in [-0.39, 0.29) is 29.2 Å². The molecule has 5 aromatic rings. The second-order valence-electron chi connectivity index (χ2n) is 11.8. The number of aliphatic hydroxyl groups excluding tert-OH is 1. The maximum atomic E-state index is 15.7. The maximum absolute atomic E-state index is 15.7. The number of esters is 1. The number of methoxy groups -OCH3 is 1. The minimum absolute atomic E-state index is 0.0402. The molecule has 0 bridgehead atoms. The second-order valence-corrected chi connectivity index (χ2v) is 11.8. The number of rotatable bonds is 12. The third kappa shape index (κ3) is 7.55. The van der Waals surface area contributed by atoms with E-state index in [0.29, 0.717) is 35.7 Å². The van der Waals surface area contributed by atoms with Crippen LogP contribution in [-0.2, 0) is 16.0 Å². The molecule has 1 aliphatic rings.